The van der Waals surface area contributed by atoms with Crippen molar-refractivity contribution in [2.75, 3.05) is 20.2 Å². The summed E-state index contributed by atoms with van der Waals surface area (Å²) < 4.78 is 10.1. The fraction of sp³-hybridized carbons (Fsp3) is 0.389. The third-order valence-electron chi connectivity index (χ3n) is 3.31. The maximum Gasteiger partial charge on any atom is 0.302 e. The van der Waals surface area contributed by atoms with Gasteiger partial charge in [0.25, 0.3) is 0 Å². The fourth-order valence-corrected chi connectivity index (χ4v) is 2.09. The van der Waals surface area contributed by atoms with Gasteiger partial charge in [-0.1, -0.05) is 6.07 Å². The molecule has 2 amide bonds. The molecule has 1 aromatic rings. The van der Waals surface area contributed by atoms with Crippen LogP contribution in [0.15, 0.2) is 24.3 Å². The van der Waals surface area contributed by atoms with Gasteiger partial charge in [-0.2, -0.15) is 0 Å². The summed E-state index contributed by atoms with van der Waals surface area (Å²) in [6, 6.07) is 4.69. The molecule has 0 aliphatic heterocycles. The molecule has 1 atom stereocenters. The van der Waals surface area contributed by atoms with Crippen molar-refractivity contribution in [1.82, 2.24) is 10.6 Å². The molecule has 0 radical (unpaired) electrons. The quantitative estimate of drug-likeness (QED) is 0.445. The normalized spacial score (nSPS) is 11.7. The number of carbonyl (C=O) groups is 3. The van der Waals surface area contributed by atoms with Crippen LogP contribution in [-0.2, 0) is 19.1 Å². The van der Waals surface area contributed by atoms with E-state index in [2.05, 4.69) is 10.6 Å². The van der Waals surface area contributed by atoms with E-state index in [9.17, 15) is 19.5 Å². The monoisotopic (exact) mass is 364 g/mol. The second-order valence-electron chi connectivity index (χ2n) is 5.51. The molecule has 1 aromatic carbocycles. The number of nitrogens with one attached hydrogen (secondary N) is 2. The van der Waals surface area contributed by atoms with Crippen LogP contribution >= 0.6 is 0 Å². The van der Waals surface area contributed by atoms with E-state index in [1.165, 1.54) is 33.1 Å². The molecule has 0 aliphatic carbocycles. The topological polar surface area (TPSA) is 114 Å². The summed E-state index contributed by atoms with van der Waals surface area (Å²) in [5.74, 6) is -0.687. The number of phenols is 1. The first-order valence-electron chi connectivity index (χ1n) is 8.06. The molecule has 8 heteroatoms. The SMILES string of the molecule is COc1cc(/C=C/C(=O)NC[C@H](CCNC(C)=O)OC(C)=O)ccc1O. The average Bonchev–Trinajstić information content (AvgIpc) is 2.58. The Bertz CT molecular complexity index is 672. The van der Waals surface area contributed by atoms with Gasteiger partial charge in [0.15, 0.2) is 11.5 Å². The highest BCUT2D eigenvalue weighted by Gasteiger charge is 2.13. The zero-order chi connectivity index (χ0) is 19.5. The molecule has 0 saturated carbocycles. The van der Waals surface area contributed by atoms with E-state index < -0.39 is 12.1 Å². The summed E-state index contributed by atoms with van der Waals surface area (Å²) >= 11 is 0. The van der Waals surface area contributed by atoms with Gasteiger partial charge in [-0.25, -0.2) is 0 Å². The number of carbonyl (C=O) groups excluding carboxylic acids is 3. The van der Waals surface area contributed by atoms with Crippen LogP contribution in [0.4, 0.5) is 0 Å². The van der Waals surface area contributed by atoms with Gasteiger partial charge in [0.2, 0.25) is 11.8 Å². The van der Waals surface area contributed by atoms with Crippen LogP contribution in [0.25, 0.3) is 6.08 Å². The van der Waals surface area contributed by atoms with Crippen LogP contribution in [0.2, 0.25) is 0 Å². The largest absolute Gasteiger partial charge is 0.504 e. The van der Waals surface area contributed by atoms with E-state index in [1.807, 2.05) is 0 Å². The molecule has 0 bridgehead atoms. The Kier molecular flexibility index (Phi) is 8.69. The summed E-state index contributed by atoms with van der Waals surface area (Å²) in [6.07, 6.45) is 2.74. The zero-order valence-corrected chi connectivity index (χ0v) is 15.1. The minimum absolute atomic E-state index is 0.0116. The van der Waals surface area contributed by atoms with E-state index in [4.69, 9.17) is 9.47 Å². The predicted octanol–water partition coefficient (Wildman–Crippen LogP) is 0.988. The lowest BCUT2D eigenvalue weighted by atomic mass is 10.2. The number of hydrogen-bond acceptors (Lipinski definition) is 6. The first-order chi connectivity index (χ1) is 12.3. The van der Waals surface area contributed by atoms with Crippen molar-refractivity contribution < 1.29 is 29.0 Å². The molecular formula is C18H24N2O6. The van der Waals surface area contributed by atoms with Gasteiger partial charge in [-0.3, -0.25) is 14.4 Å². The van der Waals surface area contributed by atoms with Crippen LogP contribution in [-0.4, -0.2) is 49.2 Å². The molecule has 26 heavy (non-hydrogen) atoms. The standard InChI is InChI=1S/C18H24N2O6/c1-12(21)19-9-8-15(26-13(2)22)11-20-18(24)7-5-14-4-6-16(23)17(10-14)25-3/h4-7,10,15,23H,8-9,11H2,1-3H3,(H,19,21)(H,20,24)/b7-5+/t15-/m0/s1. The summed E-state index contributed by atoms with van der Waals surface area (Å²) in [5.41, 5.74) is 0.678. The Morgan fingerprint density at radius 2 is 1.96 bits per heavy atom. The minimum atomic E-state index is -0.537. The zero-order valence-electron chi connectivity index (χ0n) is 15.1. The van der Waals surface area contributed by atoms with Crippen LogP contribution in [0.1, 0.15) is 25.8 Å². The van der Waals surface area contributed by atoms with Crippen molar-refractivity contribution in [3.63, 3.8) is 0 Å². The Hall–Kier alpha value is -3.03. The van der Waals surface area contributed by atoms with Crippen LogP contribution in [0.3, 0.4) is 0 Å². The van der Waals surface area contributed by atoms with Gasteiger partial charge < -0.3 is 25.2 Å². The van der Waals surface area contributed by atoms with Crippen LogP contribution < -0.4 is 15.4 Å². The predicted molar refractivity (Wildman–Crippen MR) is 95.6 cm³/mol. The third kappa shape index (κ3) is 8.18. The van der Waals surface area contributed by atoms with Gasteiger partial charge in [0.05, 0.1) is 13.7 Å². The maximum absolute atomic E-state index is 11.9. The first kappa shape index (κ1) is 21.0. The first-order valence-corrected chi connectivity index (χ1v) is 8.06. The average molecular weight is 364 g/mol. The number of amides is 2. The number of phenolic OH excluding ortho intramolecular Hbond substituents is 1. The molecular weight excluding hydrogens is 340 g/mol. The van der Waals surface area contributed by atoms with E-state index >= 15 is 0 Å². The lowest BCUT2D eigenvalue weighted by Crippen LogP contribution is -2.36. The minimum Gasteiger partial charge on any atom is -0.504 e. The second kappa shape index (κ2) is 10.8. The Morgan fingerprint density at radius 3 is 2.58 bits per heavy atom. The highest BCUT2D eigenvalue weighted by atomic mass is 16.5. The molecule has 0 saturated heterocycles. The molecule has 3 N–H and O–H groups in total. The number of esters is 1. The number of rotatable bonds is 9. The summed E-state index contributed by atoms with van der Waals surface area (Å²) in [5, 5.41) is 14.8. The van der Waals surface area contributed by atoms with Crippen LogP contribution in [0, 0.1) is 0 Å². The number of hydrogen-bond donors (Lipinski definition) is 3. The van der Waals surface area contributed by atoms with Gasteiger partial charge >= 0.3 is 5.97 Å². The number of aromatic hydroxyl groups is 1. The van der Waals surface area contributed by atoms with Gasteiger partial charge in [0, 0.05) is 32.9 Å². The molecule has 0 heterocycles. The lowest BCUT2D eigenvalue weighted by Gasteiger charge is -2.17. The maximum atomic E-state index is 11.9. The molecule has 0 aromatic heterocycles. The molecule has 0 aliphatic rings. The smallest absolute Gasteiger partial charge is 0.302 e. The van der Waals surface area contributed by atoms with Gasteiger partial charge in [-0.15, -0.1) is 0 Å². The summed E-state index contributed by atoms with van der Waals surface area (Å²) in [7, 11) is 1.44. The number of ether oxygens (including phenoxy) is 2. The Labute approximate surface area is 152 Å². The molecule has 8 nitrogen and oxygen atoms in total. The highest BCUT2D eigenvalue weighted by Crippen LogP contribution is 2.26. The van der Waals surface area contributed by atoms with E-state index in [0.717, 1.165) is 0 Å². The van der Waals surface area contributed by atoms with Crippen LogP contribution in [0.5, 0.6) is 11.5 Å². The molecule has 0 unspecified atom stereocenters. The van der Waals surface area contributed by atoms with Crippen molar-refractivity contribution in [3.05, 3.63) is 29.8 Å². The van der Waals surface area contributed by atoms with Gasteiger partial charge in [-0.05, 0) is 23.8 Å². The Morgan fingerprint density at radius 1 is 1.23 bits per heavy atom. The molecule has 142 valence electrons. The van der Waals surface area contributed by atoms with Crippen molar-refractivity contribution in [2.24, 2.45) is 0 Å². The van der Waals surface area contributed by atoms with Crippen molar-refractivity contribution in [1.29, 1.82) is 0 Å². The van der Waals surface area contributed by atoms with Crippen molar-refractivity contribution in [2.45, 2.75) is 26.4 Å². The van der Waals surface area contributed by atoms with E-state index in [1.54, 1.807) is 18.2 Å². The molecule has 1 rings (SSSR count). The lowest BCUT2D eigenvalue weighted by molar-refractivity contribution is -0.146. The third-order valence-corrected chi connectivity index (χ3v) is 3.31. The Balaban J connectivity index is 2.55. The molecule has 0 spiro atoms. The number of methoxy groups -OCH3 is 1. The highest BCUT2D eigenvalue weighted by molar-refractivity contribution is 5.91. The molecule has 0 fully saturated rings. The fourth-order valence-electron chi connectivity index (χ4n) is 2.09. The van der Waals surface area contributed by atoms with Crippen molar-refractivity contribution in [3.8, 4) is 11.5 Å². The second-order valence-corrected chi connectivity index (χ2v) is 5.51. The number of benzene rings is 1. The summed E-state index contributed by atoms with van der Waals surface area (Å²) in [4.78, 5) is 33.9. The van der Waals surface area contributed by atoms with Crippen molar-refractivity contribution >= 4 is 23.9 Å². The summed E-state index contributed by atoms with van der Waals surface area (Å²) in [6.45, 7) is 3.14. The van der Waals surface area contributed by atoms with Gasteiger partial charge in [0.1, 0.15) is 6.10 Å². The van der Waals surface area contributed by atoms with E-state index in [-0.39, 0.29) is 24.1 Å². The van der Waals surface area contributed by atoms with E-state index in [0.29, 0.717) is 24.3 Å².